The molecule has 2 aliphatic heterocycles. The Kier molecular flexibility index (Phi) is 3.74. The summed E-state index contributed by atoms with van der Waals surface area (Å²) in [5, 5.41) is 0. The van der Waals surface area contributed by atoms with Gasteiger partial charge in [0.25, 0.3) is 0 Å². The molecule has 0 spiro atoms. The molecule has 0 N–H and O–H groups in total. The van der Waals surface area contributed by atoms with Gasteiger partial charge in [-0.3, -0.25) is 0 Å². The van der Waals surface area contributed by atoms with Crippen LogP contribution in [-0.2, 0) is 4.74 Å². The molecule has 3 rings (SSSR count). The SMILES string of the molecule is CC1=C[C@@H](C)[C@H]2CO[C@H](C3CCCN(C)C3)[C@H]1[C@H]2C. The molecular weight excluding hydrogens is 234 g/mol. The quantitative estimate of drug-likeness (QED) is 0.674. The van der Waals surface area contributed by atoms with E-state index < -0.39 is 0 Å². The standard InChI is InChI=1S/C17H29NO/c1-11-8-12(2)16-13(3)15(11)10-19-17(16)14-6-5-7-18(4)9-14/h8,11,13-17H,5-7,9-10H2,1-4H3/t11-,13+,14?,15-,16-,17-/m1/s1. The minimum absolute atomic E-state index is 0.470. The predicted octanol–water partition coefficient (Wildman–Crippen LogP) is 3.19. The molecule has 0 radical (unpaired) electrons. The Labute approximate surface area is 118 Å². The highest BCUT2D eigenvalue weighted by Crippen LogP contribution is 2.47. The van der Waals surface area contributed by atoms with Crippen LogP contribution in [0.4, 0.5) is 0 Å². The van der Waals surface area contributed by atoms with Gasteiger partial charge >= 0.3 is 0 Å². The molecule has 2 fully saturated rings. The van der Waals surface area contributed by atoms with E-state index in [2.05, 4.69) is 38.8 Å². The van der Waals surface area contributed by atoms with Crippen molar-refractivity contribution >= 4 is 0 Å². The lowest BCUT2D eigenvalue weighted by Crippen LogP contribution is -2.52. The van der Waals surface area contributed by atoms with Gasteiger partial charge in [0.05, 0.1) is 12.7 Å². The van der Waals surface area contributed by atoms with Crippen LogP contribution in [0.2, 0.25) is 0 Å². The Hall–Kier alpha value is -0.340. The second-order valence-electron chi connectivity index (χ2n) is 7.28. The van der Waals surface area contributed by atoms with Crippen LogP contribution in [0.1, 0.15) is 33.6 Å². The average Bonchev–Trinajstić information content (AvgIpc) is 2.35. The van der Waals surface area contributed by atoms with Crippen molar-refractivity contribution < 1.29 is 4.74 Å². The fourth-order valence-electron chi connectivity index (χ4n) is 4.90. The fourth-order valence-corrected chi connectivity index (χ4v) is 4.90. The van der Waals surface area contributed by atoms with E-state index in [9.17, 15) is 0 Å². The lowest BCUT2D eigenvalue weighted by Gasteiger charge is -2.50. The zero-order chi connectivity index (χ0) is 13.6. The van der Waals surface area contributed by atoms with E-state index in [4.69, 9.17) is 4.74 Å². The van der Waals surface area contributed by atoms with Crippen molar-refractivity contribution in [1.29, 1.82) is 0 Å². The van der Waals surface area contributed by atoms with Gasteiger partial charge in [-0.1, -0.05) is 25.5 Å². The van der Waals surface area contributed by atoms with Gasteiger partial charge in [-0.15, -0.1) is 0 Å². The molecule has 1 unspecified atom stereocenters. The Bertz CT molecular complexity index is 364. The largest absolute Gasteiger partial charge is 0.377 e. The number of fused-ring (bicyclic) bond motifs is 2. The van der Waals surface area contributed by atoms with Crippen LogP contribution in [0.15, 0.2) is 11.6 Å². The fraction of sp³-hybridized carbons (Fsp3) is 0.882. The van der Waals surface area contributed by atoms with Crippen LogP contribution in [0, 0.1) is 29.6 Å². The van der Waals surface area contributed by atoms with Crippen LogP contribution in [0.5, 0.6) is 0 Å². The summed E-state index contributed by atoms with van der Waals surface area (Å²) in [6.07, 6.45) is 5.69. The molecule has 2 heterocycles. The van der Waals surface area contributed by atoms with Gasteiger partial charge in [0, 0.05) is 12.5 Å². The second kappa shape index (κ2) is 5.21. The first-order valence-electron chi connectivity index (χ1n) is 8.06. The van der Waals surface area contributed by atoms with Gasteiger partial charge in [0.2, 0.25) is 0 Å². The monoisotopic (exact) mass is 263 g/mol. The Morgan fingerprint density at radius 3 is 2.84 bits per heavy atom. The lowest BCUT2D eigenvalue weighted by atomic mass is 9.63. The van der Waals surface area contributed by atoms with E-state index in [0.717, 1.165) is 24.4 Å². The molecule has 2 saturated heterocycles. The highest BCUT2D eigenvalue weighted by atomic mass is 16.5. The number of rotatable bonds is 1. The van der Waals surface area contributed by atoms with Crippen LogP contribution in [0.3, 0.4) is 0 Å². The van der Waals surface area contributed by atoms with Crippen molar-refractivity contribution in [2.24, 2.45) is 29.6 Å². The molecule has 1 aliphatic carbocycles. The molecule has 2 heteroatoms. The number of hydrogen-bond acceptors (Lipinski definition) is 2. The molecule has 3 aliphatic rings. The van der Waals surface area contributed by atoms with E-state index in [-0.39, 0.29) is 0 Å². The smallest absolute Gasteiger partial charge is 0.0683 e. The molecule has 0 aromatic rings. The third-order valence-electron chi connectivity index (χ3n) is 5.93. The van der Waals surface area contributed by atoms with Crippen molar-refractivity contribution in [2.75, 3.05) is 26.7 Å². The lowest BCUT2D eigenvalue weighted by molar-refractivity contribution is -0.124. The minimum Gasteiger partial charge on any atom is -0.377 e. The van der Waals surface area contributed by atoms with Gasteiger partial charge in [-0.25, -0.2) is 0 Å². The average molecular weight is 263 g/mol. The van der Waals surface area contributed by atoms with E-state index in [1.54, 1.807) is 5.57 Å². The Morgan fingerprint density at radius 1 is 1.32 bits per heavy atom. The summed E-state index contributed by atoms with van der Waals surface area (Å²) in [5.74, 6) is 3.65. The summed E-state index contributed by atoms with van der Waals surface area (Å²) in [6.45, 7) is 10.6. The zero-order valence-electron chi connectivity index (χ0n) is 12.9. The third-order valence-corrected chi connectivity index (χ3v) is 5.93. The van der Waals surface area contributed by atoms with Gasteiger partial charge in [-0.05, 0) is 57.0 Å². The van der Waals surface area contributed by atoms with Gasteiger partial charge in [-0.2, -0.15) is 0 Å². The van der Waals surface area contributed by atoms with Crippen molar-refractivity contribution in [1.82, 2.24) is 4.90 Å². The number of piperidine rings is 1. The van der Waals surface area contributed by atoms with Gasteiger partial charge < -0.3 is 9.64 Å². The molecule has 19 heavy (non-hydrogen) atoms. The number of likely N-dealkylation sites (tertiary alicyclic amines) is 1. The zero-order valence-corrected chi connectivity index (χ0v) is 12.9. The van der Waals surface area contributed by atoms with E-state index >= 15 is 0 Å². The third kappa shape index (κ3) is 2.38. The number of allylic oxidation sites excluding steroid dienone is 1. The van der Waals surface area contributed by atoms with Crippen LogP contribution in [0.25, 0.3) is 0 Å². The van der Waals surface area contributed by atoms with Crippen molar-refractivity contribution in [3.63, 3.8) is 0 Å². The van der Waals surface area contributed by atoms with Crippen LogP contribution < -0.4 is 0 Å². The maximum atomic E-state index is 6.38. The van der Waals surface area contributed by atoms with E-state index in [0.29, 0.717) is 17.9 Å². The van der Waals surface area contributed by atoms with Crippen LogP contribution in [-0.4, -0.2) is 37.7 Å². The van der Waals surface area contributed by atoms with Crippen LogP contribution >= 0.6 is 0 Å². The number of hydrogen-bond donors (Lipinski definition) is 0. The summed E-state index contributed by atoms with van der Waals surface area (Å²) in [5.41, 5.74) is 1.59. The van der Waals surface area contributed by atoms with Crippen molar-refractivity contribution in [2.45, 2.75) is 39.7 Å². The first-order valence-corrected chi connectivity index (χ1v) is 8.06. The molecular formula is C17H29NO. The highest BCUT2D eigenvalue weighted by molar-refractivity contribution is 5.17. The van der Waals surface area contributed by atoms with E-state index in [1.165, 1.54) is 25.9 Å². The summed E-state index contributed by atoms with van der Waals surface area (Å²) < 4.78 is 6.38. The van der Waals surface area contributed by atoms with Gasteiger partial charge in [0.1, 0.15) is 0 Å². The van der Waals surface area contributed by atoms with Gasteiger partial charge in [0.15, 0.2) is 0 Å². The maximum absolute atomic E-state index is 6.38. The molecule has 6 atom stereocenters. The van der Waals surface area contributed by atoms with E-state index in [1.807, 2.05) is 0 Å². The first kappa shape index (κ1) is 13.6. The number of ether oxygens (including phenoxy) is 1. The highest BCUT2D eigenvalue weighted by Gasteiger charge is 2.46. The van der Waals surface area contributed by atoms with Crippen molar-refractivity contribution in [3.05, 3.63) is 11.6 Å². The summed E-state index contributed by atoms with van der Waals surface area (Å²) in [6, 6.07) is 0. The maximum Gasteiger partial charge on any atom is 0.0683 e. The number of nitrogens with zero attached hydrogens (tertiary/aromatic N) is 1. The second-order valence-corrected chi connectivity index (χ2v) is 7.28. The van der Waals surface area contributed by atoms with Crippen molar-refractivity contribution in [3.8, 4) is 0 Å². The molecule has 2 nitrogen and oxygen atoms in total. The molecule has 108 valence electrons. The Balaban J connectivity index is 1.81. The molecule has 2 bridgehead atoms. The Morgan fingerprint density at radius 2 is 2.11 bits per heavy atom. The summed E-state index contributed by atoms with van der Waals surface area (Å²) >= 11 is 0. The minimum atomic E-state index is 0.470. The molecule has 0 amide bonds. The molecule has 0 saturated carbocycles. The predicted molar refractivity (Wildman–Crippen MR) is 79.0 cm³/mol. The molecule has 0 aromatic carbocycles. The summed E-state index contributed by atoms with van der Waals surface area (Å²) in [4.78, 5) is 2.48. The normalized spacial score (nSPS) is 47.9. The first-order chi connectivity index (χ1) is 9.08. The summed E-state index contributed by atoms with van der Waals surface area (Å²) in [7, 11) is 2.26. The molecule has 0 aromatic heterocycles. The topological polar surface area (TPSA) is 12.5 Å².